The van der Waals surface area contributed by atoms with Crippen LogP contribution in [0.15, 0.2) is 4.99 Å². The number of ether oxygens (including phenoxy) is 1. The van der Waals surface area contributed by atoms with Crippen LogP contribution in [-0.2, 0) is 4.74 Å². The van der Waals surface area contributed by atoms with E-state index in [4.69, 9.17) is 4.74 Å². The molecule has 0 aliphatic rings. The molecule has 1 unspecified atom stereocenters. The van der Waals surface area contributed by atoms with Gasteiger partial charge in [0, 0.05) is 32.8 Å². The van der Waals surface area contributed by atoms with E-state index in [2.05, 4.69) is 36.4 Å². The Kier molecular flexibility index (Phi) is 11.8. The van der Waals surface area contributed by atoms with E-state index in [1.807, 2.05) is 14.0 Å². The molecule has 0 amide bonds. The van der Waals surface area contributed by atoms with Crippen LogP contribution in [0.25, 0.3) is 0 Å². The summed E-state index contributed by atoms with van der Waals surface area (Å²) in [4.78, 5) is 4.24. The minimum absolute atomic E-state index is 0.469. The highest BCUT2D eigenvalue weighted by atomic mass is 16.5. The van der Waals surface area contributed by atoms with Crippen LogP contribution in [0.5, 0.6) is 0 Å². The van der Waals surface area contributed by atoms with E-state index in [0.29, 0.717) is 6.04 Å². The monoisotopic (exact) mass is 271 g/mol. The molecule has 2 N–H and O–H groups in total. The molecule has 4 nitrogen and oxygen atoms in total. The summed E-state index contributed by atoms with van der Waals surface area (Å²) in [5.41, 5.74) is 0. The van der Waals surface area contributed by atoms with Gasteiger partial charge in [0.15, 0.2) is 5.96 Å². The van der Waals surface area contributed by atoms with Crippen molar-refractivity contribution in [2.45, 2.75) is 59.4 Å². The number of guanidine groups is 1. The van der Waals surface area contributed by atoms with E-state index in [1.165, 1.54) is 19.3 Å². The topological polar surface area (TPSA) is 45.6 Å². The van der Waals surface area contributed by atoms with E-state index in [0.717, 1.165) is 38.1 Å². The molecule has 0 radical (unpaired) electrons. The molecule has 0 bridgehead atoms. The van der Waals surface area contributed by atoms with E-state index in [-0.39, 0.29) is 0 Å². The molecule has 1 atom stereocenters. The Bertz CT molecular complexity index is 229. The molecule has 114 valence electrons. The molecule has 0 spiro atoms. The summed E-state index contributed by atoms with van der Waals surface area (Å²) in [6.07, 6.45) is 4.77. The van der Waals surface area contributed by atoms with Crippen LogP contribution >= 0.6 is 0 Å². The third-order valence-electron chi connectivity index (χ3n) is 2.99. The lowest BCUT2D eigenvalue weighted by Crippen LogP contribution is -2.42. The standard InChI is InChI=1S/C15H33N3O/c1-6-19-12-8-11-17-15(16-5)18-14(4)10-7-9-13(2)3/h13-14H,6-12H2,1-5H3,(H2,16,17,18). The van der Waals surface area contributed by atoms with Crippen molar-refractivity contribution in [1.29, 1.82) is 0 Å². The van der Waals surface area contributed by atoms with Crippen molar-refractivity contribution in [2.24, 2.45) is 10.9 Å². The van der Waals surface area contributed by atoms with Crippen LogP contribution in [0, 0.1) is 5.92 Å². The van der Waals surface area contributed by atoms with Crippen LogP contribution in [-0.4, -0.2) is 38.8 Å². The van der Waals surface area contributed by atoms with Gasteiger partial charge in [-0.25, -0.2) is 0 Å². The SMILES string of the molecule is CCOCCCNC(=NC)NC(C)CCCC(C)C. The minimum Gasteiger partial charge on any atom is -0.382 e. The predicted octanol–water partition coefficient (Wildman–Crippen LogP) is 2.79. The first-order valence-corrected chi connectivity index (χ1v) is 7.65. The molecular formula is C15H33N3O. The number of nitrogens with one attached hydrogen (secondary N) is 2. The molecule has 0 aliphatic heterocycles. The third kappa shape index (κ3) is 12.0. The van der Waals surface area contributed by atoms with Gasteiger partial charge in [-0.05, 0) is 32.6 Å². The van der Waals surface area contributed by atoms with E-state index in [1.54, 1.807) is 0 Å². The lowest BCUT2D eigenvalue weighted by Gasteiger charge is -2.18. The second kappa shape index (κ2) is 12.3. The first kappa shape index (κ1) is 18.2. The molecular weight excluding hydrogens is 238 g/mol. The van der Waals surface area contributed by atoms with Gasteiger partial charge in [0.25, 0.3) is 0 Å². The largest absolute Gasteiger partial charge is 0.382 e. The highest BCUT2D eigenvalue weighted by Crippen LogP contribution is 2.07. The van der Waals surface area contributed by atoms with E-state index < -0.39 is 0 Å². The summed E-state index contributed by atoms with van der Waals surface area (Å²) in [6.45, 7) is 11.3. The van der Waals surface area contributed by atoms with Crippen molar-refractivity contribution in [3.8, 4) is 0 Å². The van der Waals surface area contributed by atoms with Gasteiger partial charge in [-0.1, -0.05) is 26.7 Å². The summed E-state index contributed by atoms with van der Waals surface area (Å²) >= 11 is 0. The third-order valence-corrected chi connectivity index (χ3v) is 2.99. The number of hydrogen-bond donors (Lipinski definition) is 2. The zero-order chi connectivity index (χ0) is 14.5. The van der Waals surface area contributed by atoms with Crippen LogP contribution in [0.2, 0.25) is 0 Å². The number of rotatable bonds is 10. The Hall–Kier alpha value is -0.770. The first-order valence-electron chi connectivity index (χ1n) is 7.65. The molecule has 0 aromatic heterocycles. The molecule has 19 heavy (non-hydrogen) atoms. The van der Waals surface area contributed by atoms with Gasteiger partial charge in [-0.2, -0.15) is 0 Å². The van der Waals surface area contributed by atoms with Crippen LogP contribution in [0.3, 0.4) is 0 Å². The van der Waals surface area contributed by atoms with Crippen molar-refractivity contribution in [3.05, 3.63) is 0 Å². The Morgan fingerprint density at radius 3 is 2.47 bits per heavy atom. The van der Waals surface area contributed by atoms with Gasteiger partial charge in [0.1, 0.15) is 0 Å². The van der Waals surface area contributed by atoms with Gasteiger partial charge in [0.2, 0.25) is 0 Å². The van der Waals surface area contributed by atoms with Crippen LogP contribution < -0.4 is 10.6 Å². The maximum atomic E-state index is 5.31. The molecule has 0 fully saturated rings. The van der Waals surface area contributed by atoms with Crippen molar-refractivity contribution >= 4 is 5.96 Å². The highest BCUT2D eigenvalue weighted by molar-refractivity contribution is 5.79. The van der Waals surface area contributed by atoms with Gasteiger partial charge in [0.05, 0.1) is 0 Å². The Balaban J connectivity index is 3.67. The zero-order valence-corrected chi connectivity index (χ0v) is 13.5. The first-order chi connectivity index (χ1) is 9.10. The number of aliphatic imine (C=N–C) groups is 1. The second-order valence-corrected chi connectivity index (χ2v) is 5.42. The summed E-state index contributed by atoms with van der Waals surface area (Å²) in [6, 6.07) is 0.469. The molecule has 0 rings (SSSR count). The Labute approximate surface area is 119 Å². The van der Waals surface area contributed by atoms with Crippen molar-refractivity contribution in [1.82, 2.24) is 10.6 Å². The van der Waals surface area contributed by atoms with Crippen LogP contribution in [0.1, 0.15) is 53.4 Å². The lowest BCUT2D eigenvalue weighted by atomic mass is 10.0. The normalized spacial score (nSPS) is 13.7. The fourth-order valence-electron chi connectivity index (χ4n) is 1.86. The van der Waals surface area contributed by atoms with Crippen molar-refractivity contribution in [3.63, 3.8) is 0 Å². The quantitative estimate of drug-likeness (QED) is 0.365. The summed E-state index contributed by atoms with van der Waals surface area (Å²) in [5.74, 6) is 1.69. The maximum absolute atomic E-state index is 5.31. The summed E-state index contributed by atoms with van der Waals surface area (Å²) in [5, 5.41) is 6.75. The summed E-state index contributed by atoms with van der Waals surface area (Å²) < 4.78 is 5.31. The van der Waals surface area contributed by atoms with E-state index in [9.17, 15) is 0 Å². The van der Waals surface area contributed by atoms with Gasteiger partial charge in [-0.3, -0.25) is 4.99 Å². The fraction of sp³-hybridized carbons (Fsp3) is 0.933. The molecule has 0 heterocycles. The number of nitrogens with zero attached hydrogens (tertiary/aromatic N) is 1. The van der Waals surface area contributed by atoms with Crippen molar-refractivity contribution < 1.29 is 4.74 Å². The molecule has 0 aromatic rings. The predicted molar refractivity (Wildman–Crippen MR) is 83.8 cm³/mol. The average molecular weight is 271 g/mol. The van der Waals surface area contributed by atoms with Gasteiger partial charge >= 0.3 is 0 Å². The molecule has 0 saturated carbocycles. The Morgan fingerprint density at radius 2 is 1.89 bits per heavy atom. The minimum atomic E-state index is 0.469. The lowest BCUT2D eigenvalue weighted by molar-refractivity contribution is 0.145. The van der Waals surface area contributed by atoms with Gasteiger partial charge < -0.3 is 15.4 Å². The molecule has 0 aromatic carbocycles. The van der Waals surface area contributed by atoms with Crippen LogP contribution in [0.4, 0.5) is 0 Å². The van der Waals surface area contributed by atoms with Gasteiger partial charge in [-0.15, -0.1) is 0 Å². The Morgan fingerprint density at radius 1 is 1.16 bits per heavy atom. The summed E-state index contributed by atoms with van der Waals surface area (Å²) in [7, 11) is 1.82. The molecule has 0 aliphatic carbocycles. The molecule has 4 heteroatoms. The maximum Gasteiger partial charge on any atom is 0.191 e. The zero-order valence-electron chi connectivity index (χ0n) is 13.5. The van der Waals surface area contributed by atoms with Crippen molar-refractivity contribution in [2.75, 3.05) is 26.8 Å². The molecule has 0 saturated heterocycles. The smallest absolute Gasteiger partial charge is 0.191 e. The fourth-order valence-corrected chi connectivity index (χ4v) is 1.86. The van der Waals surface area contributed by atoms with E-state index >= 15 is 0 Å². The number of hydrogen-bond acceptors (Lipinski definition) is 2. The average Bonchev–Trinajstić information content (AvgIpc) is 2.36. The highest BCUT2D eigenvalue weighted by Gasteiger charge is 2.05. The second-order valence-electron chi connectivity index (χ2n) is 5.42.